The van der Waals surface area contributed by atoms with E-state index in [2.05, 4.69) is 0 Å². The molecule has 2 heterocycles. The van der Waals surface area contributed by atoms with Crippen LogP contribution in [0.5, 0.6) is 17.2 Å². The van der Waals surface area contributed by atoms with E-state index in [1.807, 2.05) is 68.4 Å². The minimum absolute atomic E-state index is 0.172. The Labute approximate surface area is 258 Å². The van der Waals surface area contributed by atoms with Crippen LogP contribution in [0.25, 0.3) is 11.8 Å². The molecule has 3 aromatic carbocycles. The lowest BCUT2D eigenvalue weighted by molar-refractivity contribution is -0.138. The van der Waals surface area contributed by atoms with E-state index in [1.165, 1.54) is 18.4 Å². The largest absolute Gasteiger partial charge is 0.494 e. The molecule has 0 spiro atoms. The summed E-state index contributed by atoms with van der Waals surface area (Å²) in [6, 6.07) is 19.5. The molecule has 1 atom stereocenters. The maximum Gasteiger partial charge on any atom is 0.338 e. The monoisotopic (exact) mass is 618 g/mol. The molecule has 222 valence electrons. The molecule has 0 unspecified atom stereocenters. The van der Waals surface area contributed by atoms with Crippen LogP contribution in [0, 0.1) is 0 Å². The van der Waals surface area contributed by atoms with E-state index in [0.29, 0.717) is 61.6 Å². The molecule has 0 aliphatic carbocycles. The molecular weight excluding hydrogens is 588 g/mol. The van der Waals surface area contributed by atoms with Crippen LogP contribution in [0.2, 0.25) is 5.02 Å². The van der Waals surface area contributed by atoms with Gasteiger partial charge >= 0.3 is 5.97 Å². The predicted octanol–water partition coefficient (Wildman–Crippen LogP) is 5.40. The third-order valence-electron chi connectivity index (χ3n) is 6.72. The van der Waals surface area contributed by atoms with E-state index in [4.69, 9.17) is 35.5 Å². The topological polar surface area (TPSA) is 88.4 Å². The summed E-state index contributed by atoms with van der Waals surface area (Å²) in [6.07, 6.45) is 1.74. The highest BCUT2D eigenvalue weighted by Gasteiger charge is 2.35. The summed E-state index contributed by atoms with van der Waals surface area (Å²) in [7, 11) is 1.53. The highest BCUT2D eigenvalue weighted by molar-refractivity contribution is 7.07. The smallest absolute Gasteiger partial charge is 0.338 e. The Morgan fingerprint density at radius 1 is 1.00 bits per heavy atom. The Morgan fingerprint density at radius 2 is 1.72 bits per heavy atom. The second-order valence-electron chi connectivity index (χ2n) is 9.40. The number of fused-ring (bicyclic) bond motifs is 1. The molecule has 0 radical (unpaired) electrons. The second kappa shape index (κ2) is 13.3. The van der Waals surface area contributed by atoms with E-state index in [9.17, 15) is 9.59 Å². The van der Waals surface area contributed by atoms with Gasteiger partial charge in [-0.2, -0.15) is 0 Å². The van der Waals surface area contributed by atoms with Gasteiger partial charge in [-0.25, -0.2) is 9.79 Å². The van der Waals surface area contributed by atoms with Gasteiger partial charge < -0.3 is 18.9 Å². The number of hydrogen-bond acceptors (Lipinski definition) is 8. The molecule has 0 amide bonds. The van der Waals surface area contributed by atoms with Crippen molar-refractivity contribution in [2.24, 2.45) is 4.99 Å². The van der Waals surface area contributed by atoms with Crippen molar-refractivity contribution >= 4 is 40.7 Å². The molecule has 1 aliphatic heterocycles. The van der Waals surface area contributed by atoms with E-state index in [1.54, 1.807) is 29.7 Å². The van der Waals surface area contributed by atoms with Crippen molar-refractivity contribution in [2.45, 2.75) is 26.8 Å². The number of carbonyl (C=O) groups excluding carboxylic acids is 1. The summed E-state index contributed by atoms with van der Waals surface area (Å²) in [5.74, 6) is 1.04. The van der Waals surface area contributed by atoms with Gasteiger partial charge in [0.05, 0.1) is 53.8 Å². The first-order valence-electron chi connectivity index (χ1n) is 13.9. The van der Waals surface area contributed by atoms with Gasteiger partial charge in [0.15, 0.2) is 16.3 Å². The molecule has 0 saturated carbocycles. The average molecular weight is 619 g/mol. The fraction of sp³-hybridized carbons (Fsp3) is 0.242. The number of ether oxygens (including phenoxy) is 4. The number of carbonyl (C=O) groups is 1. The summed E-state index contributed by atoms with van der Waals surface area (Å²) in [5.41, 5.74) is 2.54. The van der Waals surface area contributed by atoms with Crippen LogP contribution in [0.4, 0.5) is 0 Å². The maximum absolute atomic E-state index is 14.1. The molecule has 43 heavy (non-hydrogen) atoms. The highest BCUT2D eigenvalue weighted by atomic mass is 35.5. The summed E-state index contributed by atoms with van der Waals surface area (Å²) in [5, 5.41) is 0.364. The van der Waals surface area contributed by atoms with Crippen molar-refractivity contribution in [3.63, 3.8) is 0 Å². The van der Waals surface area contributed by atoms with Gasteiger partial charge in [-0.05, 0) is 62.2 Å². The number of nitrogens with zero attached hydrogens (tertiary/aromatic N) is 2. The molecule has 1 aliphatic rings. The molecular formula is C33H31ClN2O6S. The fourth-order valence-electron chi connectivity index (χ4n) is 4.93. The van der Waals surface area contributed by atoms with Crippen LogP contribution in [-0.2, 0) is 9.53 Å². The minimum Gasteiger partial charge on any atom is -0.494 e. The van der Waals surface area contributed by atoms with Crippen LogP contribution in [0.3, 0.4) is 0 Å². The first kappa shape index (κ1) is 30.1. The molecule has 0 bridgehead atoms. The lowest BCUT2D eigenvalue weighted by Crippen LogP contribution is -2.40. The summed E-state index contributed by atoms with van der Waals surface area (Å²) in [4.78, 5) is 33.1. The highest BCUT2D eigenvalue weighted by Crippen LogP contribution is 2.37. The Kier molecular flexibility index (Phi) is 9.33. The Balaban J connectivity index is 1.77. The normalized spacial score (nSPS) is 14.6. The first-order chi connectivity index (χ1) is 20.9. The van der Waals surface area contributed by atoms with Gasteiger partial charge in [-0.1, -0.05) is 65.4 Å². The zero-order valence-electron chi connectivity index (χ0n) is 24.3. The molecule has 1 aromatic heterocycles. The van der Waals surface area contributed by atoms with Gasteiger partial charge in [0.25, 0.3) is 5.56 Å². The predicted molar refractivity (Wildman–Crippen MR) is 168 cm³/mol. The van der Waals surface area contributed by atoms with Crippen molar-refractivity contribution in [2.75, 3.05) is 26.9 Å². The number of esters is 1. The molecule has 5 rings (SSSR count). The van der Waals surface area contributed by atoms with Gasteiger partial charge in [0, 0.05) is 5.56 Å². The minimum atomic E-state index is -0.790. The standard InChI is InChI=1S/C33H31ClN2O6S/c1-5-40-23-15-13-22(14-16-23)29-27(32(38)42-7-3)28(21-11-9-8-10-12-21)35-33-36(29)31(37)26(43-33)19-20-17-24(34)30(41-6-2)25(18-20)39-4/h8-19,29H,5-7H2,1-4H3/b26-19-/t29-/m1/s1. The van der Waals surface area contributed by atoms with Crippen LogP contribution in [0.1, 0.15) is 43.5 Å². The van der Waals surface area contributed by atoms with Gasteiger partial charge in [0.1, 0.15) is 5.75 Å². The van der Waals surface area contributed by atoms with E-state index in [0.717, 1.165) is 5.56 Å². The van der Waals surface area contributed by atoms with E-state index in [-0.39, 0.29) is 17.7 Å². The van der Waals surface area contributed by atoms with Crippen LogP contribution < -0.4 is 29.1 Å². The van der Waals surface area contributed by atoms with Gasteiger partial charge in [0.2, 0.25) is 0 Å². The molecule has 8 nitrogen and oxygen atoms in total. The van der Waals surface area contributed by atoms with Crippen molar-refractivity contribution < 1.29 is 23.7 Å². The van der Waals surface area contributed by atoms with Crippen molar-refractivity contribution in [3.8, 4) is 17.2 Å². The molecule has 0 saturated heterocycles. The second-order valence-corrected chi connectivity index (χ2v) is 10.8. The van der Waals surface area contributed by atoms with Crippen molar-refractivity contribution in [3.05, 3.63) is 114 Å². The maximum atomic E-state index is 14.1. The van der Waals surface area contributed by atoms with Crippen molar-refractivity contribution in [1.29, 1.82) is 0 Å². The third-order valence-corrected chi connectivity index (χ3v) is 7.98. The van der Waals surface area contributed by atoms with Crippen LogP contribution in [-0.4, -0.2) is 37.5 Å². The first-order valence-corrected chi connectivity index (χ1v) is 15.1. The molecule has 0 fully saturated rings. The lowest BCUT2D eigenvalue weighted by atomic mass is 9.93. The quantitative estimate of drug-likeness (QED) is 0.221. The number of hydrogen-bond donors (Lipinski definition) is 0. The Morgan fingerprint density at radius 3 is 2.37 bits per heavy atom. The number of rotatable bonds is 10. The number of benzene rings is 3. The number of thiazole rings is 1. The zero-order valence-corrected chi connectivity index (χ0v) is 25.8. The van der Waals surface area contributed by atoms with E-state index >= 15 is 0 Å². The SMILES string of the molecule is CCOC(=O)C1=C(c2ccccc2)N=c2s/c(=C\c3cc(Cl)c(OCC)c(OC)c3)c(=O)n2[C@@H]1c1ccc(OCC)cc1. The fourth-order valence-corrected chi connectivity index (χ4v) is 6.20. The van der Waals surface area contributed by atoms with Crippen LogP contribution >= 0.6 is 22.9 Å². The zero-order chi connectivity index (χ0) is 30.5. The molecule has 10 heteroatoms. The van der Waals surface area contributed by atoms with E-state index < -0.39 is 12.0 Å². The van der Waals surface area contributed by atoms with Gasteiger partial charge in [-0.15, -0.1) is 0 Å². The van der Waals surface area contributed by atoms with Gasteiger partial charge in [-0.3, -0.25) is 9.36 Å². The average Bonchev–Trinajstić information content (AvgIpc) is 3.32. The third kappa shape index (κ3) is 6.09. The van der Waals surface area contributed by atoms with Crippen molar-refractivity contribution in [1.82, 2.24) is 4.57 Å². The molecule has 0 N–H and O–H groups in total. The van der Waals surface area contributed by atoms with Crippen LogP contribution in [0.15, 0.2) is 82.1 Å². The number of halogens is 1. The lowest BCUT2D eigenvalue weighted by Gasteiger charge is -2.26. The summed E-state index contributed by atoms with van der Waals surface area (Å²) >= 11 is 7.74. The number of aromatic nitrogens is 1. The summed E-state index contributed by atoms with van der Waals surface area (Å²) < 4.78 is 24.3. The Bertz CT molecular complexity index is 1850. The Hall–Kier alpha value is -4.34. The summed E-state index contributed by atoms with van der Waals surface area (Å²) in [6.45, 7) is 6.63. The number of methoxy groups -OCH3 is 1. The molecule has 4 aromatic rings.